The molecular weight excluding hydrogens is 232 g/mol. The molecule has 0 aliphatic carbocycles. The van der Waals surface area contributed by atoms with Crippen molar-refractivity contribution in [1.82, 2.24) is 5.32 Å². The average Bonchev–Trinajstić information content (AvgIpc) is 2.35. The number of rotatable bonds is 5. The number of nitrogens with two attached hydrogens (primary N) is 2. The van der Waals surface area contributed by atoms with Crippen LogP contribution in [0.4, 0.5) is 11.4 Å². The summed E-state index contributed by atoms with van der Waals surface area (Å²) in [4.78, 5) is 24.3. The lowest BCUT2D eigenvalue weighted by Crippen LogP contribution is -2.28. The molecule has 98 valence electrons. The quantitative estimate of drug-likeness (QED) is 0.637. The van der Waals surface area contributed by atoms with Gasteiger partial charge in [-0.2, -0.15) is 0 Å². The van der Waals surface area contributed by atoms with E-state index in [0.717, 1.165) is 0 Å². The van der Waals surface area contributed by atoms with Gasteiger partial charge < -0.3 is 21.7 Å². The van der Waals surface area contributed by atoms with Gasteiger partial charge in [-0.05, 0) is 18.2 Å². The van der Waals surface area contributed by atoms with Crippen molar-refractivity contribution in [2.45, 2.75) is 6.42 Å². The smallest absolute Gasteiger partial charge is 0.250 e. The van der Waals surface area contributed by atoms with Crippen molar-refractivity contribution < 1.29 is 9.59 Å². The molecular formula is C12H18N4O2. The van der Waals surface area contributed by atoms with Crippen LogP contribution in [0, 0.1) is 0 Å². The molecule has 0 aliphatic heterocycles. The maximum Gasteiger partial charge on any atom is 0.250 e. The summed E-state index contributed by atoms with van der Waals surface area (Å²) in [6.07, 6.45) is 0.343. The molecule has 0 saturated carbocycles. The van der Waals surface area contributed by atoms with Crippen LogP contribution in [0.3, 0.4) is 0 Å². The number of carbonyl (C=O) groups is 2. The van der Waals surface area contributed by atoms with Gasteiger partial charge in [0.2, 0.25) is 5.91 Å². The normalized spacial score (nSPS) is 9.89. The summed E-state index contributed by atoms with van der Waals surface area (Å²) >= 11 is 0. The molecule has 0 bridgehead atoms. The third-order valence-electron chi connectivity index (χ3n) is 2.65. The molecule has 1 aromatic rings. The lowest BCUT2D eigenvalue weighted by Gasteiger charge is -2.21. The monoisotopic (exact) mass is 250 g/mol. The first-order valence-corrected chi connectivity index (χ1v) is 5.56. The Morgan fingerprint density at radius 2 is 2.06 bits per heavy atom. The van der Waals surface area contributed by atoms with E-state index < -0.39 is 5.91 Å². The number of hydrogen-bond donors (Lipinski definition) is 3. The fraction of sp³-hybridized carbons (Fsp3) is 0.333. The molecule has 0 radical (unpaired) electrons. The number of hydrogen-bond acceptors (Lipinski definition) is 4. The molecule has 0 saturated heterocycles. The van der Waals surface area contributed by atoms with E-state index in [1.54, 1.807) is 31.1 Å². The first kappa shape index (κ1) is 13.8. The van der Waals surface area contributed by atoms with E-state index in [9.17, 15) is 9.59 Å². The predicted octanol–water partition coefficient (Wildman–Crippen LogP) is -0.0600. The molecule has 0 aliphatic rings. The zero-order chi connectivity index (χ0) is 13.7. The number of primary amides is 1. The number of benzene rings is 1. The van der Waals surface area contributed by atoms with Crippen molar-refractivity contribution in [3.05, 3.63) is 23.8 Å². The van der Waals surface area contributed by atoms with Gasteiger partial charge in [-0.1, -0.05) is 0 Å². The lowest BCUT2D eigenvalue weighted by molar-refractivity contribution is -0.120. The second-order valence-electron chi connectivity index (χ2n) is 3.99. The highest BCUT2D eigenvalue weighted by atomic mass is 16.1. The number of nitrogens with zero attached hydrogens (tertiary/aromatic N) is 1. The average molecular weight is 250 g/mol. The SMILES string of the molecule is CNC(=O)CCN(C)c1ccc(N)cc1C(N)=O. The number of amides is 2. The number of nitrogens with one attached hydrogen (secondary N) is 1. The van der Waals surface area contributed by atoms with Gasteiger partial charge in [0.15, 0.2) is 0 Å². The molecule has 0 atom stereocenters. The fourth-order valence-electron chi connectivity index (χ4n) is 1.60. The van der Waals surface area contributed by atoms with Gasteiger partial charge in [-0.3, -0.25) is 9.59 Å². The van der Waals surface area contributed by atoms with Crippen molar-refractivity contribution in [1.29, 1.82) is 0 Å². The van der Waals surface area contributed by atoms with E-state index in [1.807, 2.05) is 0 Å². The summed E-state index contributed by atoms with van der Waals surface area (Å²) in [5.41, 5.74) is 12.4. The van der Waals surface area contributed by atoms with Crippen LogP contribution in [-0.4, -0.2) is 32.5 Å². The Morgan fingerprint density at radius 3 is 2.61 bits per heavy atom. The molecule has 2 amide bonds. The summed E-state index contributed by atoms with van der Waals surface area (Å²) in [5.74, 6) is -0.595. The van der Waals surface area contributed by atoms with Gasteiger partial charge in [0, 0.05) is 38.4 Å². The first-order valence-electron chi connectivity index (χ1n) is 5.56. The van der Waals surface area contributed by atoms with E-state index in [4.69, 9.17) is 11.5 Å². The minimum absolute atomic E-state index is 0.0575. The van der Waals surface area contributed by atoms with E-state index in [2.05, 4.69) is 5.32 Å². The standard InChI is InChI=1S/C12H18N4O2/c1-15-11(17)5-6-16(2)10-4-3-8(13)7-9(10)12(14)18/h3-4,7H,5-6,13H2,1-2H3,(H2,14,18)(H,15,17). The number of nitrogen functional groups attached to an aromatic ring is 1. The maximum atomic E-state index is 11.3. The summed E-state index contributed by atoms with van der Waals surface area (Å²) in [7, 11) is 3.38. The minimum Gasteiger partial charge on any atom is -0.399 e. The number of carbonyl (C=O) groups excluding carboxylic acids is 2. The molecule has 0 spiro atoms. The van der Waals surface area contributed by atoms with Gasteiger partial charge in [0.1, 0.15) is 0 Å². The molecule has 0 fully saturated rings. The van der Waals surface area contributed by atoms with Gasteiger partial charge >= 0.3 is 0 Å². The Bertz CT molecular complexity index is 459. The van der Waals surface area contributed by atoms with Crippen LogP contribution in [0.25, 0.3) is 0 Å². The maximum absolute atomic E-state index is 11.3. The van der Waals surface area contributed by atoms with Crippen LogP contribution in [0.5, 0.6) is 0 Å². The minimum atomic E-state index is -0.538. The zero-order valence-electron chi connectivity index (χ0n) is 10.6. The molecule has 1 rings (SSSR count). The molecule has 5 N–H and O–H groups in total. The largest absolute Gasteiger partial charge is 0.399 e. The van der Waals surface area contributed by atoms with E-state index in [0.29, 0.717) is 29.9 Å². The van der Waals surface area contributed by atoms with Crippen LogP contribution < -0.4 is 21.7 Å². The van der Waals surface area contributed by atoms with Crippen LogP contribution in [0.2, 0.25) is 0 Å². The van der Waals surface area contributed by atoms with Gasteiger partial charge in [0.05, 0.1) is 5.56 Å². The summed E-state index contributed by atoms with van der Waals surface area (Å²) in [6, 6.07) is 4.95. The van der Waals surface area contributed by atoms with Gasteiger partial charge in [0.25, 0.3) is 5.91 Å². The highest BCUT2D eigenvalue weighted by Crippen LogP contribution is 2.21. The van der Waals surface area contributed by atoms with E-state index in [1.165, 1.54) is 6.07 Å². The van der Waals surface area contributed by atoms with Crippen molar-refractivity contribution in [3.8, 4) is 0 Å². The van der Waals surface area contributed by atoms with Crippen molar-refractivity contribution in [3.63, 3.8) is 0 Å². The Labute approximate surface area is 106 Å². The third kappa shape index (κ3) is 3.38. The molecule has 6 heteroatoms. The second-order valence-corrected chi connectivity index (χ2v) is 3.99. The van der Waals surface area contributed by atoms with Crippen LogP contribution >= 0.6 is 0 Å². The summed E-state index contributed by atoms with van der Waals surface area (Å²) in [6.45, 7) is 0.490. The Kier molecular flexibility index (Phi) is 4.53. The molecule has 1 aromatic carbocycles. The van der Waals surface area contributed by atoms with Gasteiger partial charge in [-0.25, -0.2) is 0 Å². The zero-order valence-corrected chi connectivity index (χ0v) is 10.6. The van der Waals surface area contributed by atoms with Crippen LogP contribution in [0.15, 0.2) is 18.2 Å². The van der Waals surface area contributed by atoms with Crippen molar-refractivity contribution in [2.75, 3.05) is 31.3 Å². The second kappa shape index (κ2) is 5.90. The molecule has 0 unspecified atom stereocenters. The van der Waals surface area contributed by atoms with E-state index >= 15 is 0 Å². The molecule has 6 nitrogen and oxygen atoms in total. The van der Waals surface area contributed by atoms with Crippen LogP contribution in [-0.2, 0) is 4.79 Å². The number of anilines is 2. The summed E-state index contributed by atoms with van der Waals surface area (Å²) in [5, 5.41) is 2.54. The lowest BCUT2D eigenvalue weighted by atomic mass is 10.1. The first-order chi connectivity index (χ1) is 8.45. The predicted molar refractivity (Wildman–Crippen MR) is 71.3 cm³/mol. The van der Waals surface area contributed by atoms with Crippen LogP contribution in [0.1, 0.15) is 16.8 Å². The topological polar surface area (TPSA) is 101 Å². The third-order valence-corrected chi connectivity index (χ3v) is 2.65. The fourth-order valence-corrected chi connectivity index (χ4v) is 1.60. The molecule has 0 heterocycles. The molecule has 18 heavy (non-hydrogen) atoms. The Morgan fingerprint density at radius 1 is 1.39 bits per heavy atom. The van der Waals surface area contributed by atoms with E-state index in [-0.39, 0.29) is 5.91 Å². The Hall–Kier alpha value is -2.24. The molecule has 0 aromatic heterocycles. The van der Waals surface area contributed by atoms with Gasteiger partial charge in [-0.15, -0.1) is 0 Å². The Balaban J connectivity index is 2.88. The highest BCUT2D eigenvalue weighted by Gasteiger charge is 2.13. The summed E-state index contributed by atoms with van der Waals surface area (Å²) < 4.78 is 0. The van der Waals surface area contributed by atoms with Crippen molar-refractivity contribution >= 4 is 23.2 Å². The van der Waals surface area contributed by atoms with Crippen molar-refractivity contribution in [2.24, 2.45) is 5.73 Å². The highest BCUT2D eigenvalue weighted by molar-refractivity contribution is 5.99.